The van der Waals surface area contributed by atoms with Crippen LogP contribution in [0, 0.1) is 0 Å². The second-order valence-corrected chi connectivity index (χ2v) is 4.50. The van der Waals surface area contributed by atoms with Crippen molar-refractivity contribution in [1.82, 2.24) is 15.3 Å². The van der Waals surface area contributed by atoms with Gasteiger partial charge in [0.1, 0.15) is 0 Å². The molecule has 0 atom stereocenters. The number of nitrogens with one attached hydrogen (secondary N) is 2. The maximum atomic E-state index is 11.6. The van der Waals surface area contributed by atoms with E-state index in [1.54, 1.807) is 6.20 Å². The van der Waals surface area contributed by atoms with E-state index in [2.05, 4.69) is 15.3 Å². The highest BCUT2D eigenvalue weighted by Gasteiger charge is 2.16. The molecule has 4 heteroatoms. The summed E-state index contributed by atoms with van der Waals surface area (Å²) in [6, 6.07) is 5.74. The van der Waals surface area contributed by atoms with Gasteiger partial charge in [-0.2, -0.15) is 0 Å². The van der Waals surface area contributed by atoms with Gasteiger partial charge in [0.25, 0.3) is 5.56 Å². The molecule has 0 aliphatic carbocycles. The fourth-order valence-electron chi connectivity index (χ4n) is 2.43. The lowest BCUT2D eigenvalue weighted by Gasteiger charge is -2.22. The second-order valence-electron chi connectivity index (χ2n) is 4.50. The summed E-state index contributed by atoms with van der Waals surface area (Å²) in [7, 11) is 0. The lowest BCUT2D eigenvalue weighted by Crippen LogP contribution is -2.27. The highest BCUT2D eigenvalue weighted by Crippen LogP contribution is 2.24. The number of fused-ring (bicyclic) bond motifs is 1. The first-order chi connectivity index (χ1) is 8.34. The van der Waals surface area contributed by atoms with Crippen LogP contribution in [0.5, 0.6) is 0 Å². The van der Waals surface area contributed by atoms with Crippen LogP contribution in [0.3, 0.4) is 0 Å². The van der Waals surface area contributed by atoms with Gasteiger partial charge in [-0.3, -0.25) is 9.78 Å². The zero-order chi connectivity index (χ0) is 11.7. The molecule has 88 valence electrons. The van der Waals surface area contributed by atoms with Crippen molar-refractivity contribution in [2.24, 2.45) is 0 Å². The summed E-state index contributed by atoms with van der Waals surface area (Å²) >= 11 is 0. The molecule has 3 rings (SSSR count). The Bertz CT molecular complexity index is 584. The Morgan fingerprint density at radius 3 is 2.82 bits per heavy atom. The SMILES string of the molecule is O=c1[nH]ccc2nc(C3CCNCC3)ccc12. The number of hydrogen-bond donors (Lipinski definition) is 2. The predicted molar refractivity (Wildman–Crippen MR) is 67.2 cm³/mol. The lowest BCUT2D eigenvalue weighted by atomic mass is 9.94. The topological polar surface area (TPSA) is 57.8 Å². The largest absolute Gasteiger partial charge is 0.328 e. The molecule has 4 nitrogen and oxygen atoms in total. The average molecular weight is 229 g/mol. The standard InChI is InChI=1S/C13H15N3O/c17-13-10-1-2-11(9-3-6-14-7-4-9)16-12(10)5-8-15-13/h1-2,5,8-9,14H,3-4,6-7H2,(H,15,17). The summed E-state index contributed by atoms with van der Waals surface area (Å²) in [6.07, 6.45) is 3.91. The van der Waals surface area contributed by atoms with Crippen LogP contribution in [0.25, 0.3) is 10.9 Å². The van der Waals surface area contributed by atoms with E-state index in [0.717, 1.165) is 37.1 Å². The molecule has 0 bridgehead atoms. The smallest absolute Gasteiger partial charge is 0.257 e. The first kappa shape index (κ1) is 10.5. The molecule has 0 amide bonds. The lowest BCUT2D eigenvalue weighted by molar-refractivity contribution is 0.454. The molecule has 2 N–H and O–H groups in total. The zero-order valence-corrected chi connectivity index (χ0v) is 9.57. The van der Waals surface area contributed by atoms with Gasteiger partial charge in [-0.1, -0.05) is 0 Å². The van der Waals surface area contributed by atoms with Crippen LogP contribution in [0.4, 0.5) is 0 Å². The molecule has 0 saturated carbocycles. The number of nitrogens with zero attached hydrogens (tertiary/aromatic N) is 1. The molecular formula is C13H15N3O. The summed E-state index contributed by atoms with van der Waals surface area (Å²) < 4.78 is 0. The van der Waals surface area contributed by atoms with Gasteiger partial charge in [0.15, 0.2) is 0 Å². The number of rotatable bonds is 1. The van der Waals surface area contributed by atoms with Crippen LogP contribution < -0.4 is 10.9 Å². The Morgan fingerprint density at radius 2 is 2.00 bits per heavy atom. The average Bonchev–Trinajstić information content (AvgIpc) is 2.40. The summed E-state index contributed by atoms with van der Waals surface area (Å²) in [5.74, 6) is 0.528. The van der Waals surface area contributed by atoms with Crippen molar-refractivity contribution in [2.75, 3.05) is 13.1 Å². The number of aromatic amines is 1. The van der Waals surface area contributed by atoms with Crippen LogP contribution >= 0.6 is 0 Å². The van der Waals surface area contributed by atoms with Crippen LogP contribution in [0.2, 0.25) is 0 Å². The summed E-state index contributed by atoms with van der Waals surface area (Å²) in [6.45, 7) is 2.11. The summed E-state index contributed by atoms with van der Waals surface area (Å²) in [5.41, 5.74) is 1.85. The Balaban J connectivity index is 2.04. The zero-order valence-electron chi connectivity index (χ0n) is 9.57. The van der Waals surface area contributed by atoms with Gasteiger partial charge in [0, 0.05) is 17.8 Å². The first-order valence-electron chi connectivity index (χ1n) is 6.03. The van der Waals surface area contributed by atoms with Crippen molar-refractivity contribution in [2.45, 2.75) is 18.8 Å². The molecule has 1 aliphatic heterocycles. The molecule has 1 aliphatic rings. The van der Waals surface area contributed by atoms with Crippen molar-refractivity contribution in [3.63, 3.8) is 0 Å². The Morgan fingerprint density at radius 1 is 1.18 bits per heavy atom. The van der Waals surface area contributed by atoms with E-state index in [0.29, 0.717) is 11.3 Å². The molecule has 2 aromatic heterocycles. The molecule has 0 radical (unpaired) electrons. The predicted octanol–water partition coefficient (Wildman–Crippen LogP) is 1.39. The normalized spacial score (nSPS) is 17.4. The van der Waals surface area contributed by atoms with E-state index < -0.39 is 0 Å². The van der Waals surface area contributed by atoms with E-state index in [-0.39, 0.29) is 5.56 Å². The molecule has 3 heterocycles. The second kappa shape index (κ2) is 4.30. The molecule has 1 fully saturated rings. The van der Waals surface area contributed by atoms with Crippen LogP contribution in [0.1, 0.15) is 24.5 Å². The number of piperidine rings is 1. The van der Waals surface area contributed by atoms with Crippen molar-refractivity contribution in [3.05, 3.63) is 40.4 Å². The van der Waals surface area contributed by atoms with E-state index in [9.17, 15) is 4.79 Å². The fourth-order valence-corrected chi connectivity index (χ4v) is 2.43. The highest BCUT2D eigenvalue weighted by molar-refractivity contribution is 5.77. The third kappa shape index (κ3) is 1.96. The minimum absolute atomic E-state index is 0.0631. The van der Waals surface area contributed by atoms with Gasteiger partial charge in [-0.05, 0) is 44.1 Å². The third-order valence-corrected chi connectivity index (χ3v) is 3.40. The minimum Gasteiger partial charge on any atom is -0.328 e. The van der Waals surface area contributed by atoms with Crippen LogP contribution in [0.15, 0.2) is 29.2 Å². The Kier molecular flexibility index (Phi) is 2.65. The van der Waals surface area contributed by atoms with Crippen molar-refractivity contribution in [3.8, 4) is 0 Å². The van der Waals surface area contributed by atoms with Crippen molar-refractivity contribution < 1.29 is 0 Å². The molecule has 0 spiro atoms. The third-order valence-electron chi connectivity index (χ3n) is 3.40. The maximum absolute atomic E-state index is 11.6. The van der Waals surface area contributed by atoms with E-state index in [1.807, 2.05) is 18.2 Å². The minimum atomic E-state index is -0.0631. The van der Waals surface area contributed by atoms with Gasteiger partial charge < -0.3 is 10.3 Å². The van der Waals surface area contributed by atoms with Crippen LogP contribution in [-0.4, -0.2) is 23.1 Å². The van der Waals surface area contributed by atoms with Gasteiger partial charge >= 0.3 is 0 Å². The van der Waals surface area contributed by atoms with Crippen molar-refractivity contribution >= 4 is 10.9 Å². The van der Waals surface area contributed by atoms with Crippen LogP contribution in [-0.2, 0) is 0 Å². The number of hydrogen-bond acceptors (Lipinski definition) is 3. The monoisotopic (exact) mass is 229 g/mol. The van der Waals surface area contributed by atoms with E-state index in [4.69, 9.17) is 0 Å². The molecule has 1 saturated heterocycles. The number of H-pyrrole nitrogens is 1. The molecule has 0 unspecified atom stereocenters. The maximum Gasteiger partial charge on any atom is 0.257 e. The van der Waals surface area contributed by atoms with E-state index in [1.165, 1.54) is 0 Å². The summed E-state index contributed by atoms with van der Waals surface area (Å²) in [4.78, 5) is 18.8. The molecule has 2 aromatic rings. The van der Waals surface area contributed by atoms with Crippen molar-refractivity contribution in [1.29, 1.82) is 0 Å². The van der Waals surface area contributed by atoms with Gasteiger partial charge in [-0.25, -0.2) is 0 Å². The quantitative estimate of drug-likeness (QED) is 0.777. The first-order valence-corrected chi connectivity index (χ1v) is 6.03. The number of pyridine rings is 2. The van der Waals surface area contributed by atoms with E-state index >= 15 is 0 Å². The summed E-state index contributed by atoms with van der Waals surface area (Å²) in [5, 5.41) is 4.02. The van der Waals surface area contributed by atoms with Gasteiger partial charge in [0.2, 0.25) is 0 Å². The van der Waals surface area contributed by atoms with Gasteiger partial charge in [0.05, 0.1) is 10.9 Å². The van der Waals surface area contributed by atoms with Gasteiger partial charge in [-0.15, -0.1) is 0 Å². The molecule has 0 aromatic carbocycles. The fraction of sp³-hybridized carbons (Fsp3) is 0.385. The molecule has 17 heavy (non-hydrogen) atoms. The Hall–Kier alpha value is -1.68. The number of aromatic nitrogens is 2. The Labute approximate surface area is 99.1 Å². The highest BCUT2D eigenvalue weighted by atomic mass is 16.1. The molecular weight excluding hydrogens is 214 g/mol.